The van der Waals surface area contributed by atoms with Crippen LogP contribution in [0.3, 0.4) is 0 Å². The number of hydrogen-bond acceptors (Lipinski definition) is 1. The highest BCUT2D eigenvalue weighted by molar-refractivity contribution is 9.10. The molecule has 1 nitrogen and oxygen atoms in total. The molecule has 0 aromatic rings. The van der Waals surface area contributed by atoms with Gasteiger partial charge in [-0.05, 0) is 25.7 Å². The third-order valence-corrected chi connectivity index (χ3v) is 3.71. The fourth-order valence-corrected chi connectivity index (χ4v) is 2.86. The maximum atomic E-state index is 5.78. The zero-order valence-corrected chi connectivity index (χ0v) is 13.1. The minimum absolute atomic E-state index is 0.218. The van der Waals surface area contributed by atoms with Crippen molar-refractivity contribution in [2.75, 3.05) is 0 Å². The molecule has 0 aliphatic rings. The Hall–Kier alpha value is 0.920. The fourth-order valence-electron chi connectivity index (χ4n) is 1.41. The molecule has 0 fully saturated rings. The van der Waals surface area contributed by atoms with Gasteiger partial charge in [0.1, 0.15) is 10.0 Å². The van der Waals surface area contributed by atoms with Crippen LogP contribution in [0.15, 0.2) is 0 Å². The normalized spacial score (nSPS) is 15.2. The molecule has 2 atom stereocenters. The Morgan fingerprint density at radius 1 is 0.800 bits per heavy atom. The van der Waals surface area contributed by atoms with Crippen LogP contribution in [-0.2, 0) is 4.74 Å². The summed E-state index contributed by atoms with van der Waals surface area (Å²) < 4.78 is 5.78. The van der Waals surface area contributed by atoms with Crippen molar-refractivity contribution in [1.82, 2.24) is 0 Å². The summed E-state index contributed by atoms with van der Waals surface area (Å²) in [6.45, 7) is 4.45. The molecule has 15 heavy (non-hydrogen) atoms. The number of alkyl halides is 2. The van der Waals surface area contributed by atoms with Crippen LogP contribution in [0.5, 0.6) is 0 Å². The molecule has 3 heteroatoms. The molecule has 0 aliphatic heterocycles. The Morgan fingerprint density at radius 3 is 1.53 bits per heavy atom. The number of ether oxygens (including phenoxy) is 1. The van der Waals surface area contributed by atoms with E-state index in [1.807, 2.05) is 0 Å². The Bertz CT molecular complexity index is 117. The first kappa shape index (κ1) is 15.9. The van der Waals surface area contributed by atoms with Crippen LogP contribution >= 0.6 is 31.9 Å². The summed E-state index contributed by atoms with van der Waals surface area (Å²) in [4.78, 5) is 0. The highest BCUT2D eigenvalue weighted by atomic mass is 79.9. The molecular formula is C12H24Br2O. The Morgan fingerprint density at radius 2 is 1.20 bits per heavy atom. The summed E-state index contributed by atoms with van der Waals surface area (Å²) in [5.41, 5.74) is 0. The van der Waals surface area contributed by atoms with Crippen LogP contribution in [0.2, 0.25) is 0 Å². The quantitative estimate of drug-likeness (QED) is 0.370. The zero-order chi connectivity index (χ0) is 11.5. The number of halogens is 2. The molecule has 2 unspecified atom stereocenters. The fraction of sp³-hybridized carbons (Fsp3) is 1.00. The molecule has 0 aromatic heterocycles. The van der Waals surface area contributed by atoms with Gasteiger partial charge in [0.05, 0.1) is 0 Å². The van der Waals surface area contributed by atoms with E-state index in [9.17, 15) is 0 Å². The Labute approximate surface area is 112 Å². The maximum Gasteiger partial charge on any atom is 0.114 e. The van der Waals surface area contributed by atoms with Gasteiger partial charge in [-0.1, -0.05) is 71.4 Å². The molecule has 0 N–H and O–H groups in total. The van der Waals surface area contributed by atoms with E-state index in [1.165, 1.54) is 38.5 Å². The second-order valence-corrected chi connectivity index (χ2v) is 5.99. The molecule has 0 aliphatic carbocycles. The molecule has 0 saturated carbocycles. The van der Waals surface area contributed by atoms with Crippen molar-refractivity contribution in [2.45, 2.75) is 75.2 Å². The molecule has 0 aromatic carbocycles. The van der Waals surface area contributed by atoms with E-state index in [0.29, 0.717) is 0 Å². The summed E-state index contributed by atoms with van der Waals surface area (Å²) in [7, 11) is 0. The molecule has 0 heterocycles. The van der Waals surface area contributed by atoms with Gasteiger partial charge in [-0.3, -0.25) is 0 Å². The van der Waals surface area contributed by atoms with Crippen molar-refractivity contribution >= 4 is 31.9 Å². The molecule has 0 spiro atoms. The lowest BCUT2D eigenvalue weighted by molar-refractivity contribution is 0.0870. The summed E-state index contributed by atoms with van der Waals surface area (Å²) in [5, 5.41) is 0.435. The lowest BCUT2D eigenvalue weighted by Gasteiger charge is -2.16. The number of unbranched alkanes of at least 4 members (excludes halogenated alkanes) is 4. The van der Waals surface area contributed by atoms with Gasteiger partial charge in [-0.2, -0.15) is 0 Å². The van der Waals surface area contributed by atoms with Gasteiger partial charge in [-0.15, -0.1) is 0 Å². The van der Waals surface area contributed by atoms with E-state index in [0.717, 1.165) is 12.8 Å². The monoisotopic (exact) mass is 342 g/mol. The van der Waals surface area contributed by atoms with Crippen molar-refractivity contribution in [3.05, 3.63) is 0 Å². The average Bonchev–Trinajstić information content (AvgIpc) is 2.18. The molecular weight excluding hydrogens is 320 g/mol. The first-order valence-electron chi connectivity index (χ1n) is 6.14. The van der Waals surface area contributed by atoms with Crippen molar-refractivity contribution in [2.24, 2.45) is 0 Å². The van der Waals surface area contributed by atoms with Gasteiger partial charge in [0.25, 0.3) is 0 Å². The summed E-state index contributed by atoms with van der Waals surface area (Å²) in [6.07, 6.45) is 9.88. The SMILES string of the molecule is CCCCCC(Br)OC(Br)CCCCC. The summed E-state index contributed by atoms with van der Waals surface area (Å²) in [5.74, 6) is 0. The second kappa shape index (κ2) is 11.4. The van der Waals surface area contributed by atoms with E-state index in [4.69, 9.17) is 4.74 Å². The number of hydrogen-bond donors (Lipinski definition) is 0. The van der Waals surface area contributed by atoms with E-state index < -0.39 is 0 Å². The van der Waals surface area contributed by atoms with E-state index in [1.54, 1.807) is 0 Å². The van der Waals surface area contributed by atoms with Gasteiger partial charge >= 0.3 is 0 Å². The predicted molar refractivity (Wildman–Crippen MR) is 74.8 cm³/mol. The van der Waals surface area contributed by atoms with Gasteiger partial charge in [0, 0.05) is 0 Å². The van der Waals surface area contributed by atoms with Crippen LogP contribution in [0.25, 0.3) is 0 Å². The highest BCUT2D eigenvalue weighted by Gasteiger charge is 2.10. The van der Waals surface area contributed by atoms with Crippen LogP contribution in [0.4, 0.5) is 0 Å². The van der Waals surface area contributed by atoms with Crippen molar-refractivity contribution < 1.29 is 4.74 Å². The van der Waals surface area contributed by atoms with Crippen LogP contribution in [0, 0.1) is 0 Å². The van der Waals surface area contributed by atoms with E-state index in [2.05, 4.69) is 45.7 Å². The van der Waals surface area contributed by atoms with Gasteiger partial charge in [0.15, 0.2) is 0 Å². The molecule has 92 valence electrons. The van der Waals surface area contributed by atoms with Crippen molar-refractivity contribution in [3.8, 4) is 0 Å². The Kier molecular flexibility index (Phi) is 12.1. The standard InChI is InChI=1S/C12H24Br2O/c1-3-5-7-9-11(13)15-12(14)10-8-6-4-2/h11-12H,3-10H2,1-2H3. The maximum absolute atomic E-state index is 5.78. The molecule has 0 rings (SSSR count). The lowest BCUT2D eigenvalue weighted by atomic mass is 10.2. The molecule has 0 saturated heterocycles. The lowest BCUT2D eigenvalue weighted by Crippen LogP contribution is -2.12. The van der Waals surface area contributed by atoms with Crippen molar-refractivity contribution in [3.63, 3.8) is 0 Å². The third kappa shape index (κ3) is 11.2. The van der Waals surface area contributed by atoms with Crippen LogP contribution in [-0.4, -0.2) is 10.0 Å². The Balaban J connectivity index is 3.35. The summed E-state index contributed by atoms with van der Waals surface area (Å²) >= 11 is 7.13. The van der Waals surface area contributed by atoms with Crippen LogP contribution in [0.1, 0.15) is 65.2 Å². The largest absolute Gasteiger partial charge is 0.353 e. The average molecular weight is 344 g/mol. The van der Waals surface area contributed by atoms with E-state index in [-0.39, 0.29) is 10.0 Å². The topological polar surface area (TPSA) is 9.23 Å². The van der Waals surface area contributed by atoms with Crippen LogP contribution < -0.4 is 0 Å². The van der Waals surface area contributed by atoms with Crippen molar-refractivity contribution in [1.29, 1.82) is 0 Å². The minimum atomic E-state index is 0.218. The smallest absolute Gasteiger partial charge is 0.114 e. The molecule has 0 bridgehead atoms. The minimum Gasteiger partial charge on any atom is -0.353 e. The summed E-state index contributed by atoms with van der Waals surface area (Å²) in [6, 6.07) is 0. The number of rotatable bonds is 10. The first-order valence-corrected chi connectivity index (χ1v) is 7.97. The molecule has 0 radical (unpaired) electrons. The molecule has 0 amide bonds. The van der Waals surface area contributed by atoms with Gasteiger partial charge in [-0.25, -0.2) is 0 Å². The van der Waals surface area contributed by atoms with E-state index >= 15 is 0 Å². The third-order valence-electron chi connectivity index (χ3n) is 2.36. The zero-order valence-electron chi connectivity index (χ0n) is 9.98. The predicted octanol–water partition coefficient (Wildman–Crippen LogP) is 5.61. The second-order valence-electron chi connectivity index (χ2n) is 3.95. The highest BCUT2D eigenvalue weighted by Crippen LogP contribution is 2.20. The van der Waals surface area contributed by atoms with Gasteiger partial charge in [0.2, 0.25) is 0 Å². The first-order chi connectivity index (χ1) is 7.20. The van der Waals surface area contributed by atoms with Gasteiger partial charge < -0.3 is 4.74 Å².